The summed E-state index contributed by atoms with van der Waals surface area (Å²) in [5.41, 5.74) is 9.16. The molecule has 1 saturated heterocycles. The predicted molar refractivity (Wildman–Crippen MR) is 131 cm³/mol. The van der Waals surface area contributed by atoms with Crippen molar-refractivity contribution in [3.05, 3.63) is 35.7 Å². The number of nitrogens with two attached hydrogens (primary N) is 1. The van der Waals surface area contributed by atoms with Crippen LogP contribution in [-0.2, 0) is 0 Å². The topological polar surface area (TPSA) is 120 Å². The van der Waals surface area contributed by atoms with Crippen LogP contribution in [0.5, 0.6) is 5.75 Å². The minimum Gasteiger partial charge on any atom is -0.494 e. The lowest BCUT2D eigenvalue weighted by Gasteiger charge is -2.36. The SMILES string of the molecule is COc1cc(F)cc2c1nc(N)n1nc([C@H]3C[C@@H](C)CN(c4cnn([C@@H](C)[C@H](C)O)c4C)C3)nc21. The highest BCUT2D eigenvalue weighted by atomic mass is 19.1. The van der Waals surface area contributed by atoms with Gasteiger partial charge in [-0.15, -0.1) is 5.10 Å². The molecule has 4 atom stereocenters. The molecular weight excluding hydrogens is 451 g/mol. The number of aliphatic hydroxyl groups excluding tert-OH is 1. The highest BCUT2D eigenvalue weighted by molar-refractivity contribution is 5.95. The Morgan fingerprint density at radius 2 is 2.00 bits per heavy atom. The van der Waals surface area contributed by atoms with Crippen LogP contribution >= 0.6 is 0 Å². The minimum atomic E-state index is -0.506. The molecule has 3 aromatic heterocycles. The summed E-state index contributed by atoms with van der Waals surface area (Å²) in [6, 6.07) is 2.54. The van der Waals surface area contributed by atoms with Crippen molar-refractivity contribution in [1.29, 1.82) is 0 Å². The van der Waals surface area contributed by atoms with E-state index in [0.717, 1.165) is 24.3 Å². The first-order chi connectivity index (χ1) is 16.7. The van der Waals surface area contributed by atoms with Crippen molar-refractivity contribution in [2.75, 3.05) is 30.8 Å². The lowest BCUT2D eigenvalue weighted by molar-refractivity contribution is 0.131. The number of piperidine rings is 1. The second-order valence-electron chi connectivity index (χ2n) is 9.66. The molecule has 4 heterocycles. The fourth-order valence-electron chi connectivity index (χ4n) is 5.09. The molecule has 1 aliphatic heterocycles. The molecule has 0 aliphatic carbocycles. The van der Waals surface area contributed by atoms with Gasteiger partial charge in [0.1, 0.15) is 17.1 Å². The van der Waals surface area contributed by atoms with Crippen LogP contribution in [0.1, 0.15) is 50.7 Å². The van der Waals surface area contributed by atoms with Gasteiger partial charge in [0.25, 0.3) is 0 Å². The van der Waals surface area contributed by atoms with Crippen LogP contribution < -0.4 is 15.4 Å². The van der Waals surface area contributed by atoms with Crippen LogP contribution in [-0.4, -0.2) is 60.8 Å². The quantitative estimate of drug-likeness (QED) is 0.445. The Labute approximate surface area is 202 Å². The van der Waals surface area contributed by atoms with Crippen molar-refractivity contribution in [3.8, 4) is 5.75 Å². The molecule has 1 aromatic carbocycles. The average Bonchev–Trinajstić information content (AvgIpc) is 3.43. The van der Waals surface area contributed by atoms with Gasteiger partial charge in [0, 0.05) is 25.1 Å². The first kappa shape index (κ1) is 23.3. The van der Waals surface area contributed by atoms with Gasteiger partial charge in [0.15, 0.2) is 11.5 Å². The third-order valence-electron chi connectivity index (χ3n) is 7.04. The standard InChI is InChI=1S/C24H31FN8O2/c1-12-6-16(11-31(10-12)19-9-27-32(14(19)3)13(2)15(4)34)22-29-23-18-7-17(25)8-20(35-5)21(18)28-24(26)33(23)30-22/h7-9,12-13,15-16,34H,6,10-11H2,1-5H3,(H2,26,28)/t12-,13+,15+,16+/m1/s1. The zero-order chi connectivity index (χ0) is 25.0. The van der Waals surface area contributed by atoms with Crippen molar-refractivity contribution in [2.24, 2.45) is 5.92 Å². The van der Waals surface area contributed by atoms with E-state index < -0.39 is 11.9 Å². The number of methoxy groups -OCH3 is 1. The molecule has 0 spiro atoms. The fraction of sp³-hybridized carbons (Fsp3) is 0.500. The molecule has 0 amide bonds. The summed E-state index contributed by atoms with van der Waals surface area (Å²) in [6.45, 7) is 9.55. The zero-order valence-corrected chi connectivity index (χ0v) is 20.6. The summed E-state index contributed by atoms with van der Waals surface area (Å²) in [6.07, 6.45) is 2.27. The van der Waals surface area contributed by atoms with Gasteiger partial charge >= 0.3 is 0 Å². The van der Waals surface area contributed by atoms with Gasteiger partial charge in [-0.3, -0.25) is 4.68 Å². The summed E-state index contributed by atoms with van der Waals surface area (Å²) in [5, 5.41) is 19.8. The van der Waals surface area contributed by atoms with Crippen LogP contribution in [0.2, 0.25) is 0 Å². The monoisotopic (exact) mass is 482 g/mol. The largest absolute Gasteiger partial charge is 0.494 e. The number of aromatic nitrogens is 6. The number of hydrogen-bond acceptors (Lipinski definition) is 8. The molecule has 11 heteroatoms. The molecule has 5 rings (SSSR count). The Balaban J connectivity index is 1.53. The van der Waals surface area contributed by atoms with E-state index in [4.69, 9.17) is 15.5 Å². The summed E-state index contributed by atoms with van der Waals surface area (Å²) < 4.78 is 22.9. The molecule has 0 bridgehead atoms. The normalized spacial score (nSPS) is 20.5. The number of anilines is 2. The predicted octanol–water partition coefficient (Wildman–Crippen LogP) is 3.08. The van der Waals surface area contributed by atoms with Crippen molar-refractivity contribution in [2.45, 2.75) is 52.2 Å². The molecule has 1 aliphatic rings. The van der Waals surface area contributed by atoms with Gasteiger partial charge < -0.3 is 20.5 Å². The highest BCUT2D eigenvalue weighted by Crippen LogP contribution is 2.35. The highest BCUT2D eigenvalue weighted by Gasteiger charge is 2.31. The zero-order valence-electron chi connectivity index (χ0n) is 20.6. The number of fused-ring (bicyclic) bond motifs is 3. The van der Waals surface area contributed by atoms with Gasteiger partial charge in [0.2, 0.25) is 5.95 Å². The van der Waals surface area contributed by atoms with Gasteiger partial charge in [-0.1, -0.05) is 6.92 Å². The lowest BCUT2D eigenvalue weighted by Crippen LogP contribution is -2.39. The number of ether oxygens (including phenoxy) is 1. The summed E-state index contributed by atoms with van der Waals surface area (Å²) >= 11 is 0. The Hall–Kier alpha value is -3.47. The maximum atomic E-state index is 14.3. The molecule has 3 N–H and O–H groups in total. The number of nitrogen functional groups attached to an aromatic ring is 1. The van der Waals surface area contributed by atoms with Gasteiger partial charge in [-0.05, 0) is 39.2 Å². The van der Waals surface area contributed by atoms with Crippen LogP contribution in [0.25, 0.3) is 16.6 Å². The van der Waals surface area contributed by atoms with Crippen LogP contribution in [0.15, 0.2) is 18.3 Å². The van der Waals surface area contributed by atoms with Crippen LogP contribution in [0.4, 0.5) is 16.0 Å². The van der Waals surface area contributed by atoms with Gasteiger partial charge in [-0.25, -0.2) is 14.4 Å². The van der Waals surface area contributed by atoms with Crippen LogP contribution in [0.3, 0.4) is 0 Å². The average molecular weight is 483 g/mol. The number of nitrogens with zero attached hydrogens (tertiary/aromatic N) is 7. The number of rotatable bonds is 5. The molecule has 186 valence electrons. The van der Waals surface area contributed by atoms with E-state index in [0.29, 0.717) is 40.6 Å². The molecule has 10 nitrogen and oxygen atoms in total. The van der Waals surface area contributed by atoms with E-state index in [-0.39, 0.29) is 17.9 Å². The van der Waals surface area contributed by atoms with E-state index in [1.165, 1.54) is 23.8 Å². The van der Waals surface area contributed by atoms with E-state index >= 15 is 0 Å². The van der Waals surface area contributed by atoms with E-state index in [9.17, 15) is 9.50 Å². The molecule has 0 radical (unpaired) electrons. The molecule has 0 unspecified atom stereocenters. The lowest BCUT2D eigenvalue weighted by atomic mass is 9.89. The van der Waals surface area contributed by atoms with Crippen molar-refractivity contribution in [1.82, 2.24) is 29.4 Å². The number of aliphatic hydroxyl groups is 1. The molecule has 4 aromatic rings. The smallest absolute Gasteiger partial charge is 0.223 e. The number of halogens is 1. The second-order valence-corrected chi connectivity index (χ2v) is 9.66. The van der Waals surface area contributed by atoms with Crippen LogP contribution in [0, 0.1) is 18.7 Å². The molecule has 0 saturated carbocycles. The molecule has 1 fully saturated rings. The van der Waals surface area contributed by atoms with Gasteiger partial charge in [0.05, 0.1) is 42.2 Å². The maximum Gasteiger partial charge on any atom is 0.223 e. The fourth-order valence-corrected chi connectivity index (χ4v) is 5.09. The maximum absolute atomic E-state index is 14.3. The number of benzene rings is 1. The summed E-state index contributed by atoms with van der Waals surface area (Å²) in [5.74, 6) is 1.11. The second kappa shape index (κ2) is 8.63. The third-order valence-corrected chi connectivity index (χ3v) is 7.04. The van der Waals surface area contributed by atoms with E-state index in [1.54, 1.807) is 6.92 Å². The Morgan fingerprint density at radius 1 is 1.23 bits per heavy atom. The minimum absolute atomic E-state index is 0.0421. The molecule has 35 heavy (non-hydrogen) atoms. The van der Waals surface area contributed by atoms with Gasteiger partial charge in [-0.2, -0.15) is 9.61 Å². The Bertz CT molecular complexity index is 1400. The van der Waals surface area contributed by atoms with E-state index in [1.807, 2.05) is 24.7 Å². The summed E-state index contributed by atoms with van der Waals surface area (Å²) in [4.78, 5) is 11.5. The van der Waals surface area contributed by atoms with Crippen molar-refractivity contribution >= 4 is 28.2 Å². The molecular formula is C24H31FN8O2. The first-order valence-electron chi connectivity index (χ1n) is 11.8. The Morgan fingerprint density at radius 3 is 2.71 bits per heavy atom. The Kier molecular flexibility index (Phi) is 5.74. The summed E-state index contributed by atoms with van der Waals surface area (Å²) in [7, 11) is 1.47. The first-order valence-corrected chi connectivity index (χ1v) is 11.8. The van der Waals surface area contributed by atoms with Crippen molar-refractivity contribution < 1.29 is 14.2 Å². The van der Waals surface area contributed by atoms with E-state index in [2.05, 4.69) is 27.0 Å². The van der Waals surface area contributed by atoms with Crippen molar-refractivity contribution in [3.63, 3.8) is 0 Å². The number of hydrogen-bond donors (Lipinski definition) is 2. The third kappa shape index (κ3) is 3.93.